The number of H-pyrrole nitrogens is 1. The van der Waals surface area contributed by atoms with Crippen molar-refractivity contribution in [3.8, 4) is 0 Å². The Labute approximate surface area is 140 Å². The molecule has 0 bridgehead atoms. The molecule has 25 heavy (non-hydrogen) atoms. The van der Waals surface area contributed by atoms with Gasteiger partial charge in [0.2, 0.25) is 5.91 Å². The first kappa shape index (κ1) is 16.3. The van der Waals surface area contributed by atoms with Crippen molar-refractivity contribution < 1.29 is 14.0 Å². The molecule has 4 N–H and O–H groups in total. The van der Waals surface area contributed by atoms with E-state index >= 15 is 0 Å². The minimum absolute atomic E-state index is 0.253. The van der Waals surface area contributed by atoms with E-state index in [0.717, 1.165) is 12.1 Å². The number of amides is 2. The molecule has 0 saturated carbocycles. The molecule has 1 aromatic heterocycles. The van der Waals surface area contributed by atoms with E-state index in [1.165, 1.54) is 12.1 Å². The van der Waals surface area contributed by atoms with Crippen molar-refractivity contribution in [3.63, 3.8) is 0 Å². The van der Waals surface area contributed by atoms with E-state index in [9.17, 15) is 18.8 Å². The molecule has 2 aromatic carbocycles. The summed E-state index contributed by atoms with van der Waals surface area (Å²) in [7, 11) is 0. The average molecular weight is 340 g/mol. The van der Waals surface area contributed by atoms with Crippen LogP contribution in [-0.2, 0) is 4.79 Å². The number of nitrogens with zero attached hydrogens (tertiary/aromatic N) is 1. The predicted molar refractivity (Wildman–Crippen MR) is 88.2 cm³/mol. The second-order valence-electron chi connectivity index (χ2n) is 5.29. The number of nitrogens with two attached hydrogens (primary N) is 1. The van der Waals surface area contributed by atoms with Crippen molar-refractivity contribution in [3.05, 3.63) is 76.1 Å². The van der Waals surface area contributed by atoms with Gasteiger partial charge in [-0.05, 0) is 29.8 Å². The molecule has 0 saturated heterocycles. The Balaban J connectivity index is 1.93. The van der Waals surface area contributed by atoms with Gasteiger partial charge >= 0.3 is 0 Å². The molecule has 3 aromatic rings. The van der Waals surface area contributed by atoms with Gasteiger partial charge in [0.05, 0.1) is 10.9 Å². The zero-order valence-electron chi connectivity index (χ0n) is 12.8. The first-order chi connectivity index (χ1) is 12.0. The van der Waals surface area contributed by atoms with Crippen molar-refractivity contribution in [2.75, 3.05) is 0 Å². The maximum atomic E-state index is 13.0. The van der Waals surface area contributed by atoms with Crippen LogP contribution in [0.25, 0.3) is 10.9 Å². The number of rotatable bonds is 4. The third-order valence-electron chi connectivity index (χ3n) is 3.59. The Morgan fingerprint density at radius 2 is 1.80 bits per heavy atom. The number of nitrogens with one attached hydrogen (secondary N) is 2. The fourth-order valence-electron chi connectivity index (χ4n) is 2.37. The number of fused-ring (bicyclic) bond motifs is 1. The van der Waals surface area contributed by atoms with Crippen molar-refractivity contribution >= 4 is 22.7 Å². The summed E-state index contributed by atoms with van der Waals surface area (Å²) < 4.78 is 13.0. The zero-order chi connectivity index (χ0) is 18.0. The molecule has 0 aliphatic rings. The van der Waals surface area contributed by atoms with E-state index < -0.39 is 29.2 Å². The fraction of sp³-hybridized carbons (Fsp3) is 0.0588. The normalized spacial score (nSPS) is 11.9. The minimum Gasteiger partial charge on any atom is -0.368 e. The molecular formula is C17H13FN4O3. The first-order valence-corrected chi connectivity index (χ1v) is 7.30. The monoisotopic (exact) mass is 340 g/mol. The highest BCUT2D eigenvalue weighted by Crippen LogP contribution is 2.14. The lowest BCUT2D eigenvalue weighted by atomic mass is 10.1. The Morgan fingerprint density at radius 1 is 1.12 bits per heavy atom. The molecule has 1 atom stereocenters. The van der Waals surface area contributed by atoms with Gasteiger partial charge in [0.1, 0.15) is 11.9 Å². The quantitative estimate of drug-likeness (QED) is 0.657. The van der Waals surface area contributed by atoms with Gasteiger partial charge in [0.15, 0.2) is 5.82 Å². The summed E-state index contributed by atoms with van der Waals surface area (Å²) in [4.78, 5) is 42.5. The smallest absolute Gasteiger partial charge is 0.288 e. The van der Waals surface area contributed by atoms with Crippen molar-refractivity contribution in [1.29, 1.82) is 0 Å². The summed E-state index contributed by atoms with van der Waals surface area (Å²) >= 11 is 0. The lowest BCUT2D eigenvalue weighted by Crippen LogP contribution is -2.38. The predicted octanol–water partition coefficient (Wildman–Crippen LogP) is 1.02. The van der Waals surface area contributed by atoms with E-state index in [4.69, 9.17) is 5.73 Å². The highest BCUT2D eigenvalue weighted by Gasteiger charge is 2.22. The summed E-state index contributed by atoms with van der Waals surface area (Å²) in [5.41, 5.74) is 5.49. The van der Waals surface area contributed by atoms with Crippen LogP contribution in [0.4, 0.5) is 4.39 Å². The maximum absolute atomic E-state index is 13.0. The van der Waals surface area contributed by atoms with Crippen LogP contribution in [0.2, 0.25) is 0 Å². The number of aromatic amines is 1. The van der Waals surface area contributed by atoms with Gasteiger partial charge in [-0.1, -0.05) is 24.3 Å². The summed E-state index contributed by atoms with van der Waals surface area (Å²) in [6.07, 6.45) is 0. The number of benzene rings is 2. The molecule has 0 aliphatic carbocycles. The molecule has 2 amide bonds. The third kappa shape index (κ3) is 3.37. The number of hydrogen-bond acceptors (Lipinski definition) is 4. The third-order valence-corrected chi connectivity index (χ3v) is 3.59. The summed E-state index contributed by atoms with van der Waals surface area (Å²) in [6, 6.07) is 10.3. The fourth-order valence-corrected chi connectivity index (χ4v) is 2.37. The van der Waals surface area contributed by atoms with Crippen LogP contribution in [0.5, 0.6) is 0 Å². The Morgan fingerprint density at radius 3 is 2.48 bits per heavy atom. The van der Waals surface area contributed by atoms with Gasteiger partial charge in [0, 0.05) is 0 Å². The van der Waals surface area contributed by atoms with E-state index in [0.29, 0.717) is 16.5 Å². The number of carbonyl (C=O) groups is 2. The summed E-state index contributed by atoms with van der Waals surface area (Å²) in [5, 5.41) is 2.73. The number of halogens is 1. The highest BCUT2D eigenvalue weighted by molar-refractivity contribution is 5.96. The highest BCUT2D eigenvalue weighted by atomic mass is 19.1. The second-order valence-corrected chi connectivity index (χ2v) is 5.29. The van der Waals surface area contributed by atoms with Crippen molar-refractivity contribution in [2.45, 2.75) is 6.04 Å². The number of hydrogen-bond donors (Lipinski definition) is 3. The molecular weight excluding hydrogens is 327 g/mol. The molecule has 8 heteroatoms. The lowest BCUT2D eigenvalue weighted by Gasteiger charge is -2.15. The lowest BCUT2D eigenvalue weighted by molar-refractivity contribution is -0.120. The van der Waals surface area contributed by atoms with Crippen LogP contribution < -0.4 is 16.6 Å². The molecule has 0 radical (unpaired) electrons. The molecule has 1 heterocycles. The molecule has 0 fully saturated rings. The Bertz CT molecular complexity index is 1010. The minimum atomic E-state index is -1.19. The van der Waals surface area contributed by atoms with Crippen LogP contribution in [0.3, 0.4) is 0 Å². The van der Waals surface area contributed by atoms with Gasteiger partial charge in [0.25, 0.3) is 11.5 Å². The Hall–Kier alpha value is -3.55. The van der Waals surface area contributed by atoms with Crippen molar-refractivity contribution in [2.24, 2.45) is 5.73 Å². The topological polar surface area (TPSA) is 118 Å². The molecule has 0 spiro atoms. The van der Waals surface area contributed by atoms with E-state index in [1.807, 2.05) is 0 Å². The number of primary amides is 1. The van der Waals surface area contributed by atoms with E-state index in [-0.39, 0.29) is 5.82 Å². The maximum Gasteiger partial charge on any atom is 0.288 e. The van der Waals surface area contributed by atoms with Gasteiger partial charge < -0.3 is 16.0 Å². The molecule has 7 nitrogen and oxygen atoms in total. The standard InChI is InChI=1S/C17H13FN4O3/c18-10-7-5-9(6-8-10)13(14(19)23)21-17(25)15-20-12-4-2-1-3-11(12)16(24)22-15/h1-8,13H,(H2,19,23)(H,21,25)(H,20,22,24). The van der Waals surface area contributed by atoms with Gasteiger partial charge in [-0.3, -0.25) is 14.4 Å². The number of para-hydroxylation sites is 1. The summed E-state index contributed by atoms with van der Waals surface area (Å²) in [5.74, 6) is -2.35. The number of aromatic nitrogens is 2. The largest absolute Gasteiger partial charge is 0.368 e. The van der Waals surface area contributed by atoms with E-state index in [2.05, 4.69) is 15.3 Å². The average Bonchev–Trinajstić information content (AvgIpc) is 2.60. The van der Waals surface area contributed by atoms with Crippen LogP contribution >= 0.6 is 0 Å². The van der Waals surface area contributed by atoms with E-state index in [1.54, 1.807) is 24.3 Å². The molecule has 1 unspecified atom stereocenters. The van der Waals surface area contributed by atoms with Crippen LogP contribution in [0.15, 0.2) is 53.3 Å². The second kappa shape index (κ2) is 6.52. The Kier molecular flexibility index (Phi) is 4.25. The van der Waals surface area contributed by atoms with Gasteiger partial charge in [-0.2, -0.15) is 0 Å². The van der Waals surface area contributed by atoms with Gasteiger partial charge in [-0.15, -0.1) is 0 Å². The van der Waals surface area contributed by atoms with Crippen LogP contribution in [0, 0.1) is 5.82 Å². The molecule has 126 valence electrons. The zero-order valence-corrected chi connectivity index (χ0v) is 12.8. The summed E-state index contributed by atoms with van der Waals surface area (Å²) in [6.45, 7) is 0. The van der Waals surface area contributed by atoms with Crippen molar-refractivity contribution in [1.82, 2.24) is 15.3 Å². The van der Waals surface area contributed by atoms with Crippen LogP contribution in [0.1, 0.15) is 22.2 Å². The van der Waals surface area contributed by atoms with Crippen LogP contribution in [-0.4, -0.2) is 21.8 Å². The molecule has 3 rings (SSSR count). The van der Waals surface area contributed by atoms with Gasteiger partial charge in [-0.25, -0.2) is 9.37 Å². The number of carbonyl (C=O) groups excluding carboxylic acids is 2. The SMILES string of the molecule is NC(=O)C(NC(=O)c1nc2ccccc2c(=O)[nH]1)c1ccc(F)cc1. The first-order valence-electron chi connectivity index (χ1n) is 7.30. The molecule has 0 aliphatic heterocycles.